The van der Waals surface area contributed by atoms with Crippen molar-refractivity contribution < 1.29 is 8.42 Å². The first kappa shape index (κ1) is 13.1. The average Bonchev–Trinajstić information content (AvgIpc) is 2.82. The summed E-state index contributed by atoms with van der Waals surface area (Å²) in [6.07, 6.45) is 0.608. The summed E-state index contributed by atoms with van der Waals surface area (Å²) in [7, 11) is -3.24. The molecule has 18 heavy (non-hydrogen) atoms. The zero-order valence-electron chi connectivity index (χ0n) is 10.1. The monoisotopic (exact) mass is 281 g/mol. The van der Waals surface area contributed by atoms with E-state index in [9.17, 15) is 8.42 Å². The molecule has 0 atom stereocenters. The van der Waals surface area contributed by atoms with E-state index in [2.05, 4.69) is 4.72 Å². The predicted molar refractivity (Wildman–Crippen MR) is 77.5 cm³/mol. The normalized spacial score (nSPS) is 11.4. The lowest BCUT2D eigenvalue weighted by Crippen LogP contribution is -2.16. The Labute approximate surface area is 112 Å². The van der Waals surface area contributed by atoms with Crippen LogP contribution in [0.1, 0.15) is 13.3 Å². The molecule has 2 rings (SSSR count). The van der Waals surface area contributed by atoms with E-state index in [4.69, 9.17) is 0 Å². The summed E-state index contributed by atoms with van der Waals surface area (Å²) in [4.78, 5) is 1.06. The molecule has 0 radical (unpaired) electrons. The Morgan fingerprint density at radius 2 is 1.94 bits per heavy atom. The third kappa shape index (κ3) is 3.11. The maximum absolute atomic E-state index is 11.8. The zero-order valence-corrected chi connectivity index (χ0v) is 11.7. The van der Waals surface area contributed by atoms with Gasteiger partial charge in [0.05, 0.1) is 11.4 Å². The average molecular weight is 281 g/mol. The lowest BCUT2D eigenvalue weighted by Gasteiger charge is -2.11. The lowest BCUT2D eigenvalue weighted by atomic mass is 10.1. The van der Waals surface area contributed by atoms with Crippen molar-refractivity contribution in [1.82, 2.24) is 0 Å². The van der Waals surface area contributed by atoms with Crippen LogP contribution in [0.4, 0.5) is 5.69 Å². The summed E-state index contributed by atoms with van der Waals surface area (Å²) in [5.74, 6) is 0.145. The van der Waals surface area contributed by atoms with Crippen molar-refractivity contribution in [3.63, 3.8) is 0 Å². The van der Waals surface area contributed by atoms with Crippen molar-refractivity contribution in [2.75, 3.05) is 10.5 Å². The Morgan fingerprint density at radius 1 is 1.17 bits per heavy atom. The van der Waals surface area contributed by atoms with Crippen LogP contribution in [0.5, 0.6) is 0 Å². The minimum atomic E-state index is -3.24. The summed E-state index contributed by atoms with van der Waals surface area (Å²) in [6, 6.07) is 11.4. The molecule has 96 valence electrons. The van der Waals surface area contributed by atoms with Gasteiger partial charge in [0, 0.05) is 10.4 Å². The van der Waals surface area contributed by atoms with Crippen LogP contribution >= 0.6 is 11.3 Å². The second-order valence-corrected chi connectivity index (χ2v) is 6.73. The summed E-state index contributed by atoms with van der Waals surface area (Å²) < 4.78 is 26.3. The van der Waals surface area contributed by atoms with Crippen LogP contribution < -0.4 is 4.72 Å². The van der Waals surface area contributed by atoms with E-state index < -0.39 is 10.0 Å². The molecular formula is C13H15NO2S2. The first-order valence-corrected chi connectivity index (χ1v) is 8.29. The van der Waals surface area contributed by atoms with Gasteiger partial charge in [-0.1, -0.05) is 31.2 Å². The first-order chi connectivity index (χ1) is 8.62. The standard InChI is InChI=1S/C13H15NO2S2/c1-2-10-18(15,16)14-12-7-4-3-6-11(12)13-8-5-9-17-13/h3-9,14H,2,10H2,1H3. The molecule has 1 aromatic heterocycles. The number of sulfonamides is 1. The van der Waals surface area contributed by atoms with Gasteiger partial charge in [0.15, 0.2) is 0 Å². The third-order valence-electron chi connectivity index (χ3n) is 2.45. The SMILES string of the molecule is CCCS(=O)(=O)Nc1ccccc1-c1cccs1. The molecule has 5 heteroatoms. The molecule has 0 saturated heterocycles. The number of anilines is 1. The van der Waals surface area contributed by atoms with Crippen LogP contribution in [0.3, 0.4) is 0 Å². The topological polar surface area (TPSA) is 46.2 Å². The van der Waals surface area contributed by atoms with Gasteiger partial charge in [-0.15, -0.1) is 11.3 Å². The van der Waals surface area contributed by atoms with Crippen molar-refractivity contribution in [2.45, 2.75) is 13.3 Å². The molecule has 0 spiro atoms. The zero-order chi connectivity index (χ0) is 13.0. The maximum atomic E-state index is 11.8. The fourth-order valence-electron chi connectivity index (χ4n) is 1.71. The molecule has 2 aromatic rings. The molecule has 0 fully saturated rings. The van der Waals surface area contributed by atoms with Gasteiger partial charge in [-0.2, -0.15) is 0 Å². The van der Waals surface area contributed by atoms with Crippen LogP contribution in [-0.4, -0.2) is 14.2 Å². The fourth-order valence-corrected chi connectivity index (χ4v) is 3.62. The Bertz CT molecular complexity index is 604. The number of nitrogens with one attached hydrogen (secondary N) is 1. The fraction of sp³-hybridized carbons (Fsp3) is 0.231. The molecule has 3 nitrogen and oxygen atoms in total. The van der Waals surface area contributed by atoms with Crippen molar-refractivity contribution in [3.8, 4) is 10.4 Å². The summed E-state index contributed by atoms with van der Waals surface area (Å²) in [6.45, 7) is 1.85. The first-order valence-electron chi connectivity index (χ1n) is 5.76. The molecular weight excluding hydrogens is 266 g/mol. The van der Waals surface area contributed by atoms with Crippen LogP contribution in [0.15, 0.2) is 41.8 Å². The van der Waals surface area contributed by atoms with Crippen molar-refractivity contribution >= 4 is 27.0 Å². The second-order valence-electron chi connectivity index (χ2n) is 3.94. The molecule has 1 aromatic carbocycles. The largest absolute Gasteiger partial charge is 0.283 e. The van der Waals surface area contributed by atoms with Crippen LogP contribution in [0, 0.1) is 0 Å². The number of hydrogen-bond donors (Lipinski definition) is 1. The Hall–Kier alpha value is -1.33. The quantitative estimate of drug-likeness (QED) is 0.910. The number of rotatable bonds is 5. The van der Waals surface area contributed by atoms with Gasteiger partial charge < -0.3 is 0 Å². The molecule has 0 aliphatic heterocycles. The molecule has 0 bridgehead atoms. The van der Waals surface area contributed by atoms with Crippen LogP contribution in [0.2, 0.25) is 0 Å². The summed E-state index contributed by atoms with van der Waals surface area (Å²) in [5.41, 5.74) is 1.57. The van der Waals surface area contributed by atoms with Gasteiger partial charge in [-0.05, 0) is 23.9 Å². The highest BCUT2D eigenvalue weighted by Crippen LogP contribution is 2.31. The maximum Gasteiger partial charge on any atom is 0.232 e. The van der Waals surface area contributed by atoms with E-state index in [1.807, 2.05) is 42.6 Å². The Balaban J connectivity index is 2.35. The van der Waals surface area contributed by atoms with E-state index in [1.165, 1.54) is 0 Å². The van der Waals surface area contributed by atoms with E-state index >= 15 is 0 Å². The lowest BCUT2D eigenvalue weighted by molar-refractivity contribution is 0.600. The highest BCUT2D eigenvalue weighted by Gasteiger charge is 2.12. The van der Waals surface area contributed by atoms with E-state index in [1.54, 1.807) is 17.4 Å². The highest BCUT2D eigenvalue weighted by atomic mass is 32.2. The van der Waals surface area contributed by atoms with E-state index in [-0.39, 0.29) is 5.75 Å². The van der Waals surface area contributed by atoms with Crippen LogP contribution in [0.25, 0.3) is 10.4 Å². The number of benzene rings is 1. The van der Waals surface area contributed by atoms with Gasteiger partial charge >= 0.3 is 0 Å². The Morgan fingerprint density at radius 3 is 2.61 bits per heavy atom. The van der Waals surface area contributed by atoms with Crippen molar-refractivity contribution in [1.29, 1.82) is 0 Å². The summed E-state index contributed by atoms with van der Waals surface area (Å²) in [5, 5.41) is 1.98. The minimum Gasteiger partial charge on any atom is -0.283 e. The molecule has 1 N–H and O–H groups in total. The molecule has 0 saturated carbocycles. The van der Waals surface area contributed by atoms with Crippen molar-refractivity contribution in [2.24, 2.45) is 0 Å². The van der Waals surface area contributed by atoms with Gasteiger partial charge in [-0.25, -0.2) is 8.42 Å². The highest BCUT2D eigenvalue weighted by molar-refractivity contribution is 7.92. The molecule has 1 heterocycles. The minimum absolute atomic E-state index is 0.145. The second kappa shape index (κ2) is 5.54. The van der Waals surface area contributed by atoms with Gasteiger partial charge in [0.25, 0.3) is 0 Å². The smallest absolute Gasteiger partial charge is 0.232 e. The molecule has 0 aliphatic carbocycles. The van der Waals surface area contributed by atoms with Gasteiger partial charge in [0.1, 0.15) is 0 Å². The third-order valence-corrected chi connectivity index (χ3v) is 4.83. The Kier molecular flexibility index (Phi) is 4.04. The van der Waals surface area contributed by atoms with Crippen LogP contribution in [-0.2, 0) is 10.0 Å². The molecule has 0 aliphatic rings. The number of para-hydroxylation sites is 1. The number of thiophene rings is 1. The predicted octanol–water partition coefficient (Wildman–Crippen LogP) is 3.57. The van der Waals surface area contributed by atoms with Gasteiger partial charge in [0.2, 0.25) is 10.0 Å². The van der Waals surface area contributed by atoms with E-state index in [0.717, 1.165) is 10.4 Å². The van der Waals surface area contributed by atoms with E-state index in [0.29, 0.717) is 12.1 Å². The molecule has 0 amide bonds. The number of hydrogen-bond acceptors (Lipinski definition) is 3. The summed E-state index contributed by atoms with van der Waals surface area (Å²) >= 11 is 1.59. The van der Waals surface area contributed by atoms with Crippen molar-refractivity contribution in [3.05, 3.63) is 41.8 Å². The molecule has 0 unspecified atom stereocenters. The van der Waals surface area contributed by atoms with Gasteiger partial charge in [-0.3, -0.25) is 4.72 Å².